The lowest BCUT2D eigenvalue weighted by atomic mass is 10.0. The van der Waals surface area contributed by atoms with Gasteiger partial charge >= 0.3 is 0 Å². The van der Waals surface area contributed by atoms with E-state index in [4.69, 9.17) is 0 Å². The van der Waals surface area contributed by atoms with Crippen LogP contribution >= 0.6 is 0 Å². The van der Waals surface area contributed by atoms with Crippen molar-refractivity contribution in [3.8, 4) is 0 Å². The van der Waals surface area contributed by atoms with Crippen LogP contribution in [-0.4, -0.2) is 48.4 Å². The number of likely N-dealkylation sites (tertiary alicyclic amines) is 1. The summed E-state index contributed by atoms with van der Waals surface area (Å²) in [4.78, 5) is 25.5. The number of nitrogens with zero attached hydrogens (tertiary/aromatic N) is 1. The van der Waals surface area contributed by atoms with Gasteiger partial charge in [0.25, 0.3) is 0 Å². The molecule has 3 N–H and O–H groups in total. The van der Waals surface area contributed by atoms with Gasteiger partial charge in [-0.2, -0.15) is 0 Å². The molecule has 1 aromatic rings. The Balaban J connectivity index is 1.56. The van der Waals surface area contributed by atoms with Crippen LogP contribution in [0.1, 0.15) is 32.6 Å². The standard InChI is InChI=1S/C18H26N4O2/c1-2-22-10-8-13(9-11-22)19-14-4-3-5-15(12-14)20-16-6-7-17(23)21-18(16)24/h3-5,12-13,16,19-20H,2,6-11H2,1H3,(H,21,23,24). The molecule has 0 bridgehead atoms. The predicted molar refractivity (Wildman–Crippen MR) is 95.0 cm³/mol. The molecule has 2 amide bonds. The minimum atomic E-state index is -0.342. The highest BCUT2D eigenvalue weighted by atomic mass is 16.2. The molecule has 2 heterocycles. The first-order valence-corrected chi connectivity index (χ1v) is 8.83. The van der Waals surface area contributed by atoms with Gasteiger partial charge in [0.2, 0.25) is 11.8 Å². The quantitative estimate of drug-likeness (QED) is 0.718. The Labute approximate surface area is 143 Å². The van der Waals surface area contributed by atoms with Crippen LogP contribution in [0.3, 0.4) is 0 Å². The third kappa shape index (κ3) is 4.26. The molecule has 6 heteroatoms. The Morgan fingerprint density at radius 2 is 1.83 bits per heavy atom. The molecule has 1 unspecified atom stereocenters. The Kier molecular flexibility index (Phi) is 5.35. The lowest BCUT2D eigenvalue weighted by Crippen LogP contribution is -2.47. The number of piperidine rings is 2. The molecule has 1 atom stereocenters. The first kappa shape index (κ1) is 16.8. The molecule has 0 radical (unpaired) electrons. The second-order valence-electron chi connectivity index (χ2n) is 6.58. The monoisotopic (exact) mass is 330 g/mol. The number of nitrogens with one attached hydrogen (secondary N) is 3. The number of benzene rings is 1. The molecule has 0 aromatic heterocycles. The van der Waals surface area contributed by atoms with Crippen LogP contribution in [0.5, 0.6) is 0 Å². The molecule has 6 nitrogen and oxygen atoms in total. The first-order chi connectivity index (χ1) is 11.6. The number of carbonyl (C=O) groups excluding carboxylic acids is 2. The predicted octanol–water partition coefficient (Wildman–Crippen LogP) is 1.80. The second-order valence-corrected chi connectivity index (χ2v) is 6.58. The fourth-order valence-electron chi connectivity index (χ4n) is 3.36. The molecular weight excluding hydrogens is 304 g/mol. The minimum absolute atomic E-state index is 0.188. The van der Waals surface area contributed by atoms with E-state index in [1.807, 2.05) is 18.2 Å². The van der Waals surface area contributed by atoms with Gasteiger partial charge in [-0.3, -0.25) is 14.9 Å². The molecule has 24 heavy (non-hydrogen) atoms. The summed E-state index contributed by atoms with van der Waals surface area (Å²) in [6.45, 7) is 5.61. The average molecular weight is 330 g/mol. The molecule has 2 fully saturated rings. The fourth-order valence-corrected chi connectivity index (χ4v) is 3.36. The topological polar surface area (TPSA) is 73.5 Å². The highest BCUT2D eigenvalue weighted by Crippen LogP contribution is 2.21. The van der Waals surface area contributed by atoms with E-state index in [1.54, 1.807) is 0 Å². The molecule has 3 rings (SSSR count). The van der Waals surface area contributed by atoms with Gasteiger partial charge in [-0.15, -0.1) is 0 Å². The number of amides is 2. The van der Waals surface area contributed by atoms with Gasteiger partial charge in [0.1, 0.15) is 6.04 Å². The lowest BCUT2D eigenvalue weighted by Gasteiger charge is -2.32. The van der Waals surface area contributed by atoms with Crippen molar-refractivity contribution in [2.45, 2.75) is 44.7 Å². The molecule has 0 aliphatic carbocycles. The third-order valence-corrected chi connectivity index (χ3v) is 4.85. The van der Waals surface area contributed by atoms with Gasteiger partial charge in [0.05, 0.1) is 0 Å². The van der Waals surface area contributed by atoms with Crippen molar-refractivity contribution < 1.29 is 9.59 Å². The fraction of sp³-hybridized carbons (Fsp3) is 0.556. The summed E-state index contributed by atoms with van der Waals surface area (Å²) in [5.74, 6) is -0.427. The molecule has 1 aromatic carbocycles. The Bertz CT molecular complexity index is 596. The maximum Gasteiger partial charge on any atom is 0.249 e. The van der Waals surface area contributed by atoms with Crippen LogP contribution in [0.2, 0.25) is 0 Å². The van der Waals surface area contributed by atoms with Crippen LogP contribution in [0.25, 0.3) is 0 Å². The van der Waals surface area contributed by atoms with E-state index >= 15 is 0 Å². The SMILES string of the molecule is CCN1CCC(Nc2cccc(NC3CCC(=O)NC3=O)c2)CC1. The summed E-state index contributed by atoms with van der Waals surface area (Å²) in [6, 6.07) is 8.19. The molecule has 0 saturated carbocycles. The van der Waals surface area contributed by atoms with Crippen LogP contribution in [0.15, 0.2) is 24.3 Å². The van der Waals surface area contributed by atoms with Crippen molar-refractivity contribution in [2.75, 3.05) is 30.3 Å². The van der Waals surface area contributed by atoms with Crippen LogP contribution in [0.4, 0.5) is 11.4 Å². The van der Waals surface area contributed by atoms with Crippen molar-refractivity contribution in [3.05, 3.63) is 24.3 Å². The molecule has 2 aliphatic rings. The molecule has 130 valence electrons. The summed E-state index contributed by atoms with van der Waals surface area (Å²) >= 11 is 0. The summed E-state index contributed by atoms with van der Waals surface area (Å²) in [5, 5.41) is 9.21. The van der Waals surface area contributed by atoms with Crippen LogP contribution in [0, 0.1) is 0 Å². The van der Waals surface area contributed by atoms with Crippen molar-refractivity contribution >= 4 is 23.2 Å². The number of imide groups is 1. The minimum Gasteiger partial charge on any atom is -0.382 e. The maximum atomic E-state index is 11.9. The van der Waals surface area contributed by atoms with Gasteiger partial charge in [-0.1, -0.05) is 13.0 Å². The van der Waals surface area contributed by atoms with Crippen molar-refractivity contribution in [2.24, 2.45) is 0 Å². The summed E-state index contributed by atoms with van der Waals surface area (Å²) in [7, 11) is 0. The summed E-state index contributed by atoms with van der Waals surface area (Å²) in [5.41, 5.74) is 1.97. The molecular formula is C18H26N4O2. The third-order valence-electron chi connectivity index (χ3n) is 4.85. The van der Waals surface area contributed by atoms with E-state index in [0.717, 1.165) is 43.9 Å². The highest BCUT2D eigenvalue weighted by molar-refractivity contribution is 6.01. The second kappa shape index (κ2) is 7.66. The Morgan fingerprint density at radius 3 is 2.50 bits per heavy atom. The van der Waals surface area contributed by atoms with E-state index in [1.165, 1.54) is 0 Å². The van der Waals surface area contributed by atoms with Crippen LogP contribution in [-0.2, 0) is 9.59 Å². The van der Waals surface area contributed by atoms with Gasteiger partial charge < -0.3 is 15.5 Å². The van der Waals surface area contributed by atoms with Gasteiger partial charge in [0, 0.05) is 36.9 Å². The van der Waals surface area contributed by atoms with Crippen molar-refractivity contribution in [3.63, 3.8) is 0 Å². The van der Waals surface area contributed by atoms with E-state index in [0.29, 0.717) is 18.9 Å². The smallest absolute Gasteiger partial charge is 0.249 e. The van der Waals surface area contributed by atoms with E-state index in [-0.39, 0.29) is 17.9 Å². The Hall–Kier alpha value is -2.08. The summed E-state index contributed by atoms with van der Waals surface area (Å²) < 4.78 is 0. The largest absolute Gasteiger partial charge is 0.382 e. The first-order valence-electron chi connectivity index (χ1n) is 8.83. The zero-order valence-electron chi connectivity index (χ0n) is 14.2. The summed E-state index contributed by atoms with van der Waals surface area (Å²) in [6.07, 6.45) is 3.23. The zero-order chi connectivity index (χ0) is 16.9. The van der Waals surface area contributed by atoms with Gasteiger partial charge in [-0.05, 0) is 44.0 Å². The van der Waals surface area contributed by atoms with Gasteiger partial charge in [0.15, 0.2) is 0 Å². The van der Waals surface area contributed by atoms with Crippen LogP contribution < -0.4 is 16.0 Å². The molecule has 2 saturated heterocycles. The van der Waals surface area contributed by atoms with E-state index < -0.39 is 0 Å². The van der Waals surface area contributed by atoms with E-state index in [9.17, 15) is 9.59 Å². The van der Waals surface area contributed by atoms with E-state index in [2.05, 4.69) is 33.8 Å². The van der Waals surface area contributed by atoms with Crippen molar-refractivity contribution in [1.82, 2.24) is 10.2 Å². The number of anilines is 2. The number of rotatable bonds is 5. The average Bonchev–Trinajstić information content (AvgIpc) is 2.58. The normalized spacial score (nSPS) is 23.0. The molecule has 0 spiro atoms. The molecule has 2 aliphatic heterocycles. The zero-order valence-corrected chi connectivity index (χ0v) is 14.2. The number of hydrogen-bond donors (Lipinski definition) is 3. The maximum absolute atomic E-state index is 11.9. The lowest BCUT2D eigenvalue weighted by molar-refractivity contribution is -0.133. The highest BCUT2D eigenvalue weighted by Gasteiger charge is 2.26. The number of carbonyl (C=O) groups is 2. The Morgan fingerprint density at radius 1 is 1.12 bits per heavy atom. The van der Waals surface area contributed by atoms with Gasteiger partial charge in [-0.25, -0.2) is 0 Å². The van der Waals surface area contributed by atoms with Crippen molar-refractivity contribution in [1.29, 1.82) is 0 Å². The number of hydrogen-bond acceptors (Lipinski definition) is 5.